The molecule has 0 amide bonds. The predicted molar refractivity (Wildman–Crippen MR) is 88.2 cm³/mol. The van der Waals surface area contributed by atoms with Gasteiger partial charge in [-0.05, 0) is 31.5 Å². The zero-order chi connectivity index (χ0) is 16.1. The van der Waals surface area contributed by atoms with E-state index in [0.29, 0.717) is 17.2 Å². The van der Waals surface area contributed by atoms with Crippen LogP contribution in [-0.4, -0.2) is 26.3 Å². The molecule has 0 aliphatic carbocycles. The summed E-state index contributed by atoms with van der Waals surface area (Å²) in [4.78, 5) is 4.46. The largest absolute Gasteiger partial charge is 0.493 e. The van der Waals surface area contributed by atoms with E-state index in [1.54, 1.807) is 32.7 Å². The average molecular weight is 322 g/mol. The molecule has 0 bridgehead atoms. The van der Waals surface area contributed by atoms with E-state index < -0.39 is 0 Å². The fraction of sp³-hybridized carbons (Fsp3) is 0.438. The van der Waals surface area contributed by atoms with Crippen LogP contribution in [0.5, 0.6) is 17.2 Å². The third-order valence-corrected chi connectivity index (χ3v) is 4.38. The van der Waals surface area contributed by atoms with Gasteiger partial charge in [-0.15, -0.1) is 11.3 Å². The van der Waals surface area contributed by atoms with Crippen LogP contribution in [0.2, 0.25) is 0 Å². The summed E-state index contributed by atoms with van der Waals surface area (Å²) in [5, 5.41) is 6.60. The molecular weight excluding hydrogens is 300 g/mol. The van der Waals surface area contributed by atoms with Crippen molar-refractivity contribution >= 4 is 11.3 Å². The smallest absolute Gasteiger partial charge is 0.203 e. The Labute approximate surface area is 135 Å². The molecule has 1 heterocycles. The average Bonchev–Trinajstić information content (AvgIpc) is 2.96. The number of nitrogens with zero attached hydrogens (tertiary/aromatic N) is 1. The zero-order valence-corrected chi connectivity index (χ0v) is 14.4. The molecule has 0 saturated heterocycles. The molecule has 1 atom stereocenters. The van der Waals surface area contributed by atoms with Gasteiger partial charge in [0, 0.05) is 23.7 Å². The molecule has 120 valence electrons. The van der Waals surface area contributed by atoms with E-state index in [4.69, 9.17) is 14.2 Å². The third kappa shape index (κ3) is 3.69. The van der Waals surface area contributed by atoms with E-state index in [2.05, 4.69) is 22.6 Å². The molecule has 2 rings (SSSR count). The molecule has 0 radical (unpaired) electrons. The SMILES string of the molecule is COc1cc(C(C)NCc2nc(C)cs2)cc(OC)c1OC. The number of hydrogen-bond donors (Lipinski definition) is 1. The summed E-state index contributed by atoms with van der Waals surface area (Å²) in [6.45, 7) is 4.83. The lowest BCUT2D eigenvalue weighted by Crippen LogP contribution is -2.18. The lowest BCUT2D eigenvalue weighted by Gasteiger charge is -2.18. The van der Waals surface area contributed by atoms with Gasteiger partial charge in [0.05, 0.1) is 21.3 Å². The maximum atomic E-state index is 5.39. The highest BCUT2D eigenvalue weighted by Crippen LogP contribution is 2.39. The van der Waals surface area contributed by atoms with Gasteiger partial charge in [0.2, 0.25) is 5.75 Å². The Morgan fingerprint density at radius 1 is 1.14 bits per heavy atom. The molecule has 0 aliphatic rings. The number of thiazole rings is 1. The van der Waals surface area contributed by atoms with Crippen molar-refractivity contribution in [3.63, 3.8) is 0 Å². The summed E-state index contributed by atoms with van der Waals surface area (Å²) >= 11 is 1.67. The summed E-state index contributed by atoms with van der Waals surface area (Å²) in [5.41, 5.74) is 2.13. The molecule has 22 heavy (non-hydrogen) atoms. The van der Waals surface area contributed by atoms with Crippen LogP contribution in [0.3, 0.4) is 0 Å². The van der Waals surface area contributed by atoms with E-state index in [0.717, 1.165) is 22.8 Å². The number of aryl methyl sites for hydroxylation is 1. The second-order valence-corrected chi connectivity index (χ2v) is 5.89. The maximum Gasteiger partial charge on any atom is 0.203 e. The summed E-state index contributed by atoms with van der Waals surface area (Å²) < 4.78 is 16.1. The van der Waals surface area contributed by atoms with Gasteiger partial charge < -0.3 is 19.5 Å². The number of ether oxygens (including phenoxy) is 3. The Morgan fingerprint density at radius 3 is 2.23 bits per heavy atom. The Hall–Kier alpha value is -1.79. The van der Waals surface area contributed by atoms with Gasteiger partial charge in [-0.2, -0.15) is 0 Å². The van der Waals surface area contributed by atoms with Gasteiger partial charge in [0.25, 0.3) is 0 Å². The molecule has 2 aromatic rings. The van der Waals surface area contributed by atoms with Crippen molar-refractivity contribution in [1.82, 2.24) is 10.3 Å². The highest BCUT2D eigenvalue weighted by atomic mass is 32.1. The van der Waals surface area contributed by atoms with Gasteiger partial charge in [-0.25, -0.2) is 4.98 Å². The highest BCUT2D eigenvalue weighted by Gasteiger charge is 2.16. The topological polar surface area (TPSA) is 52.6 Å². The van der Waals surface area contributed by atoms with E-state index >= 15 is 0 Å². The van der Waals surface area contributed by atoms with Gasteiger partial charge in [-0.1, -0.05) is 0 Å². The maximum absolute atomic E-state index is 5.39. The Morgan fingerprint density at radius 2 is 1.77 bits per heavy atom. The fourth-order valence-electron chi connectivity index (χ4n) is 2.19. The Kier molecular flexibility index (Phi) is 5.63. The number of hydrogen-bond acceptors (Lipinski definition) is 6. The molecule has 1 N–H and O–H groups in total. The number of nitrogens with one attached hydrogen (secondary N) is 1. The summed E-state index contributed by atoms with van der Waals surface area (Å²) in [6.07, 6.45) is 0. The van der Waals surface area contributed by atoms with Crippen molar-refractivity contribution in [1.29, 1.82) is 0 Å². The molecule has 1 unspecified atom stereocenters. The number of aromatic nitrogens is 1. The van der Waals surface area contributed by atoms with Gasteiger partial charge in [-0.3, -0.25) is 0 Å². The first-order valence-corrected chi connectivity index (χ1v) is 7.91. The highest BCUT2D eigenvalue weighted by molar-refractivity contribution is 7.09. The second-order valence-electron chi connectivity index (χ2n) is 4.94. The summed E-state index contributed by atoms with van der Waals surface area (Å²) in [5.74, 6) is 1.93. The van der Waals surface area contributed by atoms with Crippen LogP contribution in [0, 0.1) is 6.92 Å². The quantitative estimate of drug-likeness (QED) is 0.847. The molecule has 5 nitrogen and oxygen atoms in total. The van der Waals surface area contributed by atoms with Gasteiger partial charge >= 0.3 is 0 Å². The van der Waals surface area contributed by atoms with Crippen molar-refractivity contribution in [3.05, 3.63) is 33.8 Å². The van der Waals surface area contributed by atoms with Crippen molar-refractivity contribution in [2.24, 2.45) is 0 Å². The van der Waals surface area contributed by atoms with Gasteiger partial charge in [0.15, 0.2) is 11.5 Å². The second kappa shape index (κ2) is 7.47. The minimum absolute atomic E-state index is 0.137. The van der Waals surface area contributed by atoms with Crippen LogP contribution in [0.4, 0.5) is 0 Å². The van der Waals surface area contributed by atoms with Crippen molar-refractivity contribution in [3.8, 4) is 17.2 Å². The van der Waals surface area contributed by atoms with Crippen LogP contribution < -0.4 is 19.5 Å². The normalized spacial score (nSPS) is 12.0. The summed E-state index contributed by atoms with van der Waals surface area (Å²) in [6, 6.07) is 4.07. The lowest BCUT2D eigenvalue weighted by molar-refractivity contribution is 0.323. The predicted octanol–water partition coefficient (Wildman–Crippen LogP) is 3.33. The van der Waals surface area contributed by atoms with Crippen LogP contribution in [0.15, 0.2) is 17.5 Å². The van der Waals surface area contributed by atoms with E-state index in [1.165, 1.54) is 0 Å². The number of rotatable bonds is 7. The first-order valence-electron chi connectivity index (χ1n) is 7.03. The molecule has 1 aromatic carbocycles. The Balaban J connectivity index is 2.16. The monoisotopic (exact) mass is 322 g/mol. The number of methoxy groups -OCH3 is 3. The molecule has 0 saturated carbocycles. The Bertz CT molecular complexity index is 603. The van der Waals surface area contributed by atoms with Crippen LogP contribution in [0.25, 0.3) is 0 Å². The molecular formula is C16H22N2O3S. The van der Waals surface area contributed by atoms with Crippen LogP contribution in [0.1, 0.15) is 29.2 Å². The fourth-order valence-corrected chi connectivity index (χ4v) is 2.92. The van der Waals surface area contributed by atoms with Crippen molar-refractivity contribution in [2.75, 3.05) is 21.3 Å². The first-order chi connectivity index (χ1) is 10.6. The molecule has 0 aliphatic heterocycles. The summed E-state index contributed by atoms with van der Waals surface area (Å²) in [7, 11) is 4.85. The molecule has 6 heteroatoms. The van der Waals surface area contributed by atoms with Crippen molar-refractivity contribution in [2.45, 2.75) is 26.4 Å². The van der Waals surface area contributed by atoms with Crippen LogP contribution >= 0.6 is 11.3 Å². The van der Waals surface area contributed by atoms with E-state index in [1.807, 2.05) is 19.1 Å². The third-order valence-electron chi connectivity index (χ3n) is 3.41. The zero-order valence-electron chi connectivity index (χ0n) is 13.6. The number of benzene rings is 1. The minimum atomic E-state index is 0.137. The van der Waals surface area contributed by atoms with Gasteiger partial charge in [0.1, 0.15) is 5.01 Å². The van der Waals surface area contributed by atoms with E-state index in [9.17, 15) is 0 Å². The van der Waals surface area contributed by atoms with E-state index in [-0.39, 0.29) is 6.04 Å². The minimum Gasteiger partial charge on any atom is -0.493 e. The molecule has 0 spiro atoms. The lowest BCUT2D eigenvalue weighted by atomic mass is 10.1. The molecule has 0 fully saturated rings. The first kappa shape index (κ1) is 16.6. The van der Waals surface area contributed by atoms with Crippen LogP contribution in [-0.2, 0) is 6.54 Å². The standard InChI is InChI=1S/C16H22N2O3S/c1-10-9-22-15(18-10)8-17-11(2)12-6-13(19-3)16(21-5)14(7-12)20-4/h6-7,9,11,17H,8H2,1-5H3. The van der Waals surface area contributed by atoms with Crippen molar-refractivity contribution < 1.29 is 14.2 Å². The molecule has 1 aromatic heterocycles.